The fourth-order valence-electron chi connectivity index (χ4n) is 3.86. The van der Waals surface area contributed by atoms with Gasteiger partial charge in [0.05, 0.1) is 23.2 Å². The van der Waals surface area contributed by atoms with E-state index in [9.17, 15) is 9.59 Å². The molecular weight excluding hydrogens is 362 g/mol. The average molecular weight is 384 g/mol. The second-order valence-electron chi connectivity index (χ2n) is 7.04. The van der Waals surface area contributed by atoms with Crippen molar-refractivity contribution in [3.63, 3.8) is 0 Å². The number of para-hydroxylation sites is 1. The Bertz CT molecular complexity index is 834. The van der Waals surface area contributed by atoms with E-state index in [0.29, 0.717) is 10.7 Å². The third-order valence-electron chi connectivity index (χ3n) is 5.31. The summed E-state index contributed by atoms with van der Waals surface area (Å²) in [6, 6.07) is 17.0. The van der Waals surface area contributed by atoms with Gasteiger partial charge in [-0.05, 0) is 17.7 Å². The topological polar surface area (TPSA) is 43.9 Å². The number of hydrogen-bond donors (Lipinski definition) is 0. The van der Waals surface area contributed by atoms with Gasteiger partial charge in [-0.15, -0.1) is 0 Å². The summed E-state index contributed by atoms with van der Waals surface area (Å²) in [6.07, 6.45) is 0.225. The third-order valence-corrected chi connectivity index (χ3v) is 5.63. The maximum absolute atomic E-state index is 12.9. The van der Waals surface area contributed by atoms with E-state index >= 15 is 0 Å². The fourth-order valence-corrected chi connectivity index (χ4v) is 4.08. The number of carbonyl (C=O) groups is 2. The first kappa shape index (κ1) is 18.2. The molecule has 1 unspecified atom stereocenters. The van der Waals surface area contributed by atoms with Gasteiger partial charge in [-0.2, -0.15) is 0 Å². The van der Waals surface area contributed by atoms with Gasteiger partial charge in [-0.25, -0.2) is 4.90 Å². The summed E-state index contributed by atoms with van der Waals surface area (Å²) in [6.45, 7) is 4.26. The normalized spacial score (nSPS) is 21.8. The van der Waals surface area contributed by atoms with Crippen molar-refractivity contribution in [2.45, 2.75) is 19.0 Å². The molecule has 0 aromatic heterocycles. The molecule has 4 rings (SSSR count). The van der Waals surface area contributed by atoms with Gasteiger partial charge in [-0.1, -0.05) is 54.1 Å². The number of imide groups is 1. The smallest absolute Gasteiger partial charge is 0.251 e. The van der Waals surface area contributed by atoms with Gasteiger partial charge in [0.25, 0.3) is 5.91 Å². The van der Waals surface area contributed by atoms with Crippen LogP contribution in [0, 0.1) is 0 Å². The number of halogens is 1. The minimum atomic E-state index is -0.382. The number of rotatable bonds is 4. The van der Waals surface area contributed by atoms with Crippen LogP contribution in [0.5, 0.6) is 0 Å². The highest BCUT2D eigenvalue weighted by Crippen LogP contribution is 2.31. The van der Waals surface area contributed by atoms with E-state index in [1.54, 1.807) is 24.3 Å². The Morgan fingerprint density at radius 1 is 0.889 bits per heavy atom. The molecule has 0 bridgehead atoms. The number of piperazine rings is 1. The Morgan fingerprint density at radius 3 is 2.26 bits per heavy atom. The van der Waals surface area contributed by atoms with Gasteiger partial charge >= 0.3 is 0 Å². The van der Waals surface area contributed by atoms with Crippen LogP contribution in [0.15, 0.2) is 54.6 Å². The van der Waals surface area contributed by atoms with Gasteiger partial charge in [0, 0.05) is 32.7 Å². The molecule has 2 amide bonds. The van der Waals surface area contributed by atoms with Crippen molar-refractivity contribution in [2.24, 2.45) is 0 Å². The van der Waals surface area contributed by atoms with E-state index in [1.165, 1.54) is 10.5 Å². The maximum atomic E-state index is 12.9. The molecule has 0 aliphatic carbocycles. The first-order valence-electron chi connectivity index (χ1n) is 9.25. The second-order valence-corrected chi connectivity index (χ2v) is 7.44. The number of hydrogen-bond acceptors (Lipinski definition) is 4. The highest BCUT2D eigenvalue weighted by atomic mass is 35.5. The van der Waals surface area contributed by atoms with Crippen LogP contribution in [0.1, 0.15) is 12.0 Å². The largest absolute Gasteiger partial charge is 0.297 e. The average Bonchev–Trinajstić information content (AvgIpc) is 2.98. The Hall–Kier alpha value is -2.21. The van der Waals surface area contributed by atoms with Crippen LogP contribution < -0.4 is 4.90 Å². The predicted octanol–water partition coefficient (Wildman–Crippen LogP) is 2.79. The van der Waals surface area contributed by atoms with Crippen LogP contribution in [0.2, 0.25) is 5.02 Å². The van der Waals surface area contributed by atoms with Gasteiger partial charge in [0.1, 0.15) is 0 Å². The lowest BCUT2D eigenvalue weighted by Crippen LogP contribution is -2.52. The van der Waals surface area contributed by atoms with Crippen LogP contribution in [-0.2, 0) is 16.1 Å². The Balaban J connectivity index is 1.40. The van der Waals surface area contributed by atoms with Crippen molar-refractivity contribution in [1.82, 2.24) is 9.80 Å². The molecule has 0 N–H and O–H groups in total. The van der Waals surface area contributed by atoms with Gasteiger partial charge in [0.15, 0.2) is 0 Å². The summed E-state index contributed by atoms with van der Waals surface area (Å²) in [7, 11) is 0. The van der Waals surface area contributed by atoms with Crippen LogP contribution in [-0.4, -0.2) is 53.8 Å². The molecule has 0 radical (unpaired) electrons. The quantitative estimate of drug-likeness (QED) is 0.761. The number of nitrogens with zero attached hydrogens (tertiary/aromatic N) is 3. The van der Waals surface area contributed by atoms with Crippen LogP contribution in [0.3, 0.4) is 0 Å². The van der Waals surface area contributed by atoms with Crippen molar-refractivity contribution in [2.75, 3.05) is 31.1 Å². The summed E-state index contributed by atoms with van der Waals surface area (Å²) < 4.78 is 0. The number of anilines is 1. The summed E-state index contributed by atoms with van der Waals surface area (Å²) in [4.78, 5) is 31.2. The van der Waals surface area contributed by atoms with E-state index in [4.69, 9.17) is 11.6 Å². The molecule has 2 aromatic rings. The minimum Gasteiger partial charge on any atom is -0.297 e. The molecule has 27 heavy (non-hydrogen) atoms. The highest BCUT2D eigenvalue weighted by Gasteiger charge is 2.43. The molecule has 140 valence electrons. The summed E-state index contributed by atoms with van der Waals surface area (Å²) in [5.41, 5.74) is 1.78. The Morgan fingerprint density at radius 2 is 1.56 bits per heavy atom. The zero-order valence-corrected chi connectivity index (χ0v) is 15.8. The van der Waals surface area contributed by atoms with E-state index in [-0.39, 0.29) is 24.3 Å². The molecule has 2 aromatic carbocycles. The molecule has 6 heteroatoms. The predicted molar refractivity (Wildman–Crippen MR) is 106 cm³/mol. The Kier molecular flexibility index (Phi) is 5.25. The number of amides is 2. The summed E-state index contributed by atoms with van der Waals surface area (Å²) in [5.74, 6) is -0.338. The third kappa shape index (κ3) is 3.76. The fraction of sp³-hybridized carbons (Fsp3) is 0.333. The van der Waals surface area contributed by atoms with Crippen molar-refractivity contribution in [3.8, 4) is 0 Å². The lowest BCUT2D eigenvalue weighted by molar-refractivity contribution is -0.123. The van der Waals surface area contributed by atoms with E-state index < -0.39 is 0 Å². The van der Waals surface area contributed by atoms with Crippen molar-refractivity contribution in [3.05, 3.63) is 65.2 Å². The molecule has 2 fully saturated rings. The molecule has 2 heterocycles. The van der Waals surface area contributed by atoms with Crippen LogP contribution in [0.25, 0.3) is 0 Å². The van der Waals surface area contributed by atoms with E-state index in [1.807, 2.05) is 6.07 Å². The molecule has 2 aliphatic heterocycles. The minimum absolute atomic E-state index is 0.162. The lowest BCUT2D eigenvalue weighted by atomic mass is 10.1. The standard InChI is InChI=1S/C21H22ClN3O2/c22-17-8-4-5-9-18(17)25-20(26)14-19(21(25)27)24-12-10-23(11-13-24)15-16-6-2-1-3-7-16/h1-9,19H,10-15H2. The van der Waals surface area contributed by atoms with E-state index in [2.05, 4.69) is 34.1 Å². The molecule has 5 nitrogen and oxygen atoms in total. The van der Waals surface area contributed by atoms with Gasteiger partial charge in [-0.3, -0.25) is 19.4 Å². The zero-order chi connectivity index (χ0) is 18.8. The number of carbonyl (C=O) groups excluding carboxylic acids is 2. The van der Waals surface area contributed by atoms with Gasteiger partial charge in [0.2, 0.25) is 5.91 Å². The van der Waals surface area contributed by atoms with Crippen LogP contribution >= 0.6 is 11.6 Å². The maximum Gasteiger partial charge on any atom is 0.251 e. The molecule has 2 saturated heterocycles. The van der Waals surface area contributed by atoms with Crippen molar-refractivity contribution >= 4 is 29.1 Å². The SMILES string of the molecule is O=C1CC(N2CCN(Cc3ccccc3)CC2)C(=O)N1c1ccccc1Cl. The molecular formula is C21H22ClN3O2. The molecule has 1 atom stereocenters. The number of benzene rings is 2. The lowest BCUT2D eigenvalue weighted by Gasteiger charge is -2.37. The first-order valence-corrected chi connectivity index (χ1v) is 9.63. The Labute approximate surface area is 164 Å². The molecule has 0 saturated carbocycles. The summed E-state index contributed by atoms with van der Waals surface area (Å²) >= 11 is 6.20. The zero-order valence-electron chi connectivity index (χ0n) is 15.1. The van der Waals surface area contributed by atoms with Crippen LogP contribution in [0.4, 0.5) is 5.69 Å². The molecule has 2 aliphatic rings. The second kappa shape index (κ2) is 7.80. The molecule has 0 spiro atoms. The first-order chi connectivity index (χ1) is 13.1. The highest BCUT2D eigenvalue weighted by molar-refractivity contribution is 6.36. The van der Waals surface area contributed by atoms with Gasteiger partial charge < -0.3 is 0 Å². The van der Waals surface area contributed by atoms with E-state index in [0.717, 1.165) is 32.7 Å². The monoisotopic (exact) mass is 383 g/mol. The summed E-state index contributed by atoms with van der Waals surface area (Å²) in [5, 5.41) is 0.424. The van der Waals surface area contributed by atoms with Crippen molar-refractivity contribution < 1.29 is 9.59 Å². The van der Waals surface area contributed by atoms with Crippen molar-refractivity contribution in [1.29, 1.82) is 0 Å².